The Morgan fingerprint density at radius 1 is 1.18 bits per heavy atom. The Bertz CT molecular complexity index is 1620. The molecule has 0 spiro atoms. The van der Waals surface area contributed by atoms with Crippen LogP contribution >= 0.6 is 15.9 Å². The Morgan fingerprint density at radius 2 is 2.03 bits per heavy atom. The van der Waals surface area contributed by atoms with Crippen LogP contribution in [-0.2, 0) is 13.0 Å². The van der Waals surface area contributed by atoms with Gasteiger partial charge in [-0.2, -0.15) is 9.78 Å². The molecule has 0 radical (unpaired) electrons. The highest BCUT2D eigenvalue weighted by molar-refractivity contribution is 9.10. The molecule has 3 aromatic carbocycles. The molecule has 0 saturated heterocycles. The highest BCUT2D eigenvalue weighted by Gasteiger charge is 2.20. The summed E-state index contributed by atoms with van der Waals surface area (Å²) < 4.78 is 18.7. The molecule has 0 bridgehead atoms. The van der Waals surface area contributed by atoms with Gasteiger partial charge in [0, 0.05) is 22.5 Å². The zero-order chi connectivity index (χ0) is 26.6. The van der Waals surface area contributed by atoms with Crippen LogP contribution in [0.25, 0.3) is 10.9 Å². The van der Waals surface area contributed by atoms with E-state index in [0.717, 1.165) is 22.9 Å². The Balaban J connectivity index is 1.52. The molecule has 194 valence electrons. The smallest absolute Gasteiger partial charge is 0.311 e. The van der Waals surface area contributed by atoms with Crippen LogP contribution in [0.15, 0.2) is 69.0 Å². The van der Waals surface area contributed by atoms with Gasteiger partial charge in [-0.25, -0.2) is 4.98 Å². The molecular formula is C27H23BrN4O6. The zero-order valence-corrected chi connectivity index (χ0v) is 22.0. The summed E-state index contributed by atoms with van der Waals surface area (Å²) in [5.74, 6) is 1.77. The third kappa shape index (κ3) is 5.23. The van der Waals surface area contributed by atoms with Gasteiger partial charge in [0.2, 0.25) is 12.5 Å². The molecular weight excluding hydrogens is 556 g/mol. The van der Waals surface area contributed by atoms with Crippen molar-refractivity contribution in [3.05, 3.63) is 96.5 Å². The Hall–Kier alpha value is -4.25. The lowest BCUT2D eigenvalue weighted by Crippen LogP contribution is -2.22. The average molecular weight is 579 g/mol. The first-order chi connectivity index (χ1) is 18.4. The van der Waals surface area contributed by atoms with Crippen LogP contribution in [0.3, 0.4) is 0 Å². The van der Waals surface area contributed by atoms with Gasteiger partial charge in [0.15, 0.2) is 11.5 Å². The minimum absolute atomic E-state index is 0.0403. The van der Waals surface area contributed by atoms with Gasteiger partial charge in [-0.15, -0.1) is 0 Å². The molecule has 1 aliphatic heterocycles. The van der Waals surface area contributed by atoms with Crippen molar-refractivity contribution in [2.75, 3.05) is 6.79 Å². The van der Waals surface area contributed by atoms with Crippen molar-refractivity contribution in [3.63, 3.8) is 0 Å². The normalized spacial score (nSPS) is 12.4. The molecule has 0 aliphatic carbocycles. The second kappa shape index (κ2) is 11.0. The molecule has 5 rings (SSSR count). The molecule has 0 amide bonds. The SMILES string of the molecule is CCCCc1nc2ccc(Br)cc2c(=O)n1N=Cc1cccc([N+](=O)[O-])c1OCc1ccc2c(c1)OCO2. The number of nitro benzene ring substituents is 1. The maximum absolute atomic E-state index is 13.4. The first-order valence-corrected chi connectivity index (χ1v) is 12.8. The monoisotopic (exact) mass is 578 g/mol. The Morgan fingerprint density at radius 3 is 2.84 bits per heavy atom. The molecule has 38 heavy (non-hydrogen) atoms. The summed E-state index contributed by atoms with van der Waals surface area (Å²) in [4.78, 5) is 29.3. The number of aryl methyl sites for hydroxylation is 1. The minimum Gasteiger partial charge on any atom is -0.481 e. The third-order valence-electron chi connectivity index (χ3n) is 5.98. The number of halogens is 1. The quantitative estimate of drug-likeness (QED) is 0.144. The van der Waals surface area contributed by atoms with Crippen LogP contribution in [0.1, 0.15) is 36.7 Å². The van der Waals surface area contributed by atoms with Gasteiger partial charge in [-0.1, -0.05) is 41.4 Å². The number of hydrogen-bond donors (Lipinski definition) is 0. The highest BCUT2D eigenvalue weighted by Crippen LogP contribution is 2.34. The van der Waals surface area contributed by atoms with Crippen molar-refractivity contribution in [3.8, 4) is 17.2 Å². The molecule has 10 nitrogen and oxygen atoms in total. The predicted molar refractivity (Wildman–Crippen MR) is 145 cm³/mol. The number of unbranched alkanes of at least 4 members (excludes halogenated alkanes) is 1. The molecule has 0 unspecified atom stereocenters. The van der Waals surface area contributed by atoms with E-state index >= 15 is 0 Å². The fourth-order valence-corrected chi connectivity index (χ4v) is 4.42. The molecule has 1 aromatic heterocycles. The van der Waals surface area contributed by atoms with Crippen LogP contribution < -0.4 is 19.8 Å². The van der Waals surface area contributed by atoms with Crippen LogP contribution in [0.5, 0.6) is 17.2 Å². The van der Waals surface area contributed by atoms with Gasteiger partial charge in [0.25, 0.3) is 5.56 Å². The summed E-state index contributed by atoms with van der Waals surface area (Å²) in [5, 5.41) is 16.6. The van der Waals surface area contributed by atoms with Crippen molar-refractivity contribution in [2.45, 2.75) is 32.8 Å². The number of rotatable bonds is 9. The van der Waals surface area contributed by atoms with E-state index in [1.165, 1.54) is 17.0 Å². The van der Waals surface area contributed by atoms with E-state index in [1.54, 1.807) is 42.5 Å². The molecule has 0 saturated carbocycles. The van der Waals surface area contributed by atoms with Gasteiger partial charge in [0.05, 0.1) is 22.0 Å². The van der Waals surface area contributed by atoms with E-state index < -0.39 is 4.92 Å². The second-order valence-corrected chi connectivity index (χ2v) is 9.50. The highest BCUT2D eigenvalue weighted by atomic mass is 79.9. The van der Waals surface area contributed by atoms with Crippen LogP contribution in [0.2, 0.25) is 0 Å². The van der Waals surface area contributed by atoms with Crippen molar-refractivity contribution in [1.29, 1.82) is 0 Å². The molecule has 1 aliphatic rings. The molecule has 11 heteroatoms. The topological polar surface area (TPSA) is 118 Å². The van der Waals surface area contributed by atoms with E-state index in [2.05, 4.69) is 32.9 Å². The van der Waals surface area contributed by atoms with Gasteiger partial charge in [0.1, 0.15) is 12.4 Å². The summed E-state index contributed by atoms with van der Waals surface area (Å²) in [5.41, 5.74) is 1.14. The summed E-state index contributed by atoms with van der Waals surface area (Å²) in [6.45, 7) is 2.25. The fourth-order valence-electron chi connectivity index (χ4n) is 4.06. The number of aromatic nitrogens is 2. The van der Waals surface area contributed by atoms with Crippen LogP contribution in [0, 0.1) is 10.1 Å². The van der Waals surface area contributed by atoms with E-state index in [1.807, 2.05) is 6.07 Å². The predicted octanol–water partition coefficient (Wildman–Crippen LogP) is 5.60. The fraction of sp³-hybridized carbons (Fsp3) is 0.222. The average Bonchev–Trinajstić information content (AvgIpc) is 3.39. The van der Waals surface area contributed by atoms with E-state index in [-0.39, 0.29) is 30.4 Å². The molecule has 2 heterocycles. The van der Waals surface area contributed by atoms with E-state index in [9.17, 15) is 14.9 Å². The van der Waals surface area contributed by atoms with Crippen molar-refractivity contribution in [2.24, 2.45) is 5.10 Å². The van der Waals surface area contributed by atoms with Crippen molar-refractivity contribution >= 4 is 38.7 Å². The van der Waals surface area contributed by atoms with Gasteiger partial charge >= 0.3 is 5.69 Å². The maximum Gasteiger partial charge on any atom is 0.311 e. The summed E-state index contributed by atoms with van der Waals surface area (Å²) in [7, 11) is 0. The summed E-state index contributed by atoms with van der Waals surface area (Å²) >= 11 is 3.40. The van der Waals surface area contributed by atoms with Crippen molar-refractivity contribution in [1.82, 2.24) is 9.66 Å². The molecule has 0 atom stereocenters. The number of benzene rings is 3. The maximum atomic E-state index is 13.4. The van der Waals surface area contributed by atoms with Gasteiger partial charge < -0.3 is 14.2 Å². The number of fused-ring (bicyclic) bond motifs is 2. The lowest BCUT2D eigenvalue weighted by atomic mass is 10.1. The number of para-hydroxylation sites is 1. The summed E-state index contributed by atoms with van der Waals surface area (Å²) in [6.07, 6.45) is 3.69. The van der Waals surface area contributed by atoms with Crippen molar-refractivity contribution < 1.29 is 19.1 Å². The number of ether oxygens (including phenoxy) is 3. The van der Waals surface area contributed by atoms with E-state index in [4.69, 9.17) is 14.2 Å². The Kier molecular flexibility index (Phi) is 7.36. The number of nitrogens with zero attached hydrogens (tertiary/aromatic N) is 4. The molecule has 0 N–H and O–H groups in total. The van der Waals surface area contributed by atoms with E-state index in [0.29, 0.717) is 40.2 Å². The van der Waals surface area contributed by atoms with Crippen LogP contribution in [0.4, 0.5) is 5.69 Å². The Labute approximate surface area is 225 Å². The largest absolute Gasteiger partial charge is 0.481 e. The first kappa shape index (κ1) is 25.4. The minimum atomic E-state index is -0.514. The molecule has 0 fully saturated rings. The number of hydrogen-bond acceptors (Lipinski definition) is 8. The lowest BCUT2D eigenvalue weighted by Gasteiger charge is -2.11. The first-order valence-electron chi connectivity index (χ1n) is 12.0. The number of nitro groups is 1. The zero-order valence-electron chi connectivity index (χ0n) is 20.4. The van der Waals surface area contributed by atoms with Gasteiger partial charge in [-0.05, 0) is 48.4 Å². The lowest BCUT2D eigenvalue weighted by molar-refractivity contribution is -0.385. The molecule has 4 aromatic rings. The second-order valence-electron chi connectivity index (χ2n) is 8.58. The summed E-state index contributed by atoms with van der Waals surface area (Å²) in [6, 6.07) is 15.2. The van der Waals surface area contributed by atoms with Crippen LogP contribution in [-0.4, -0.2) is 27.6 Å². The standard InChI is InChI=1S/C27H23BrN4O6/c1-2-3-7-25-30-21-10-9-19(28)13-20(21)27(33)31(25)29-14-18-5-4-6-22(32(34)35)26(18)36-15-17-8-11-23-24(12-17)38-16-37-23/h4-6,8-14H,2-3,7,15-16H2,1H3. The third-order valence-corrected chi connectivity index (χ3v) is 6.48. The van der Waals surface area contributed by atoms with Gasteiger partial charge in [-0.3, -0.25) is 14.9 Å².